The molecule has 21 heavy (non-hydrogen) atoms. The molecule has 0 fully saturated rings. The van der Waals surface area contributed by atoms with Crippen molar-refractivity contribution < 1.29 is 0 Å². The van der Waals surface area contributed by atoms with Crippen LogP contribution >= 0.6 is 0 Å². The van der Waals surface area contributed by atoms with Gasteiger partial charge in [0.1, 0.15) is 0 Å². The van der Waals surface area contributed by atoms with Crippen LogP contribution in [0.25, 0.3) is 0 Å². The van der Waals surface area contributed by atoms with Gasteiger partial charge in [-0.25, -0.2) is 0 Å². The van der Waals surface area contributed by atoms with Crippen molar-refractivity contribution in [3.8, 4) is 0 Å². The van der Waals surface area contributed by atoms with Crippen LogP contribution in [-0.4, -0.2) is 22.4 Å². The van der Waals surface area contributed by atoms with E-state index in [2.05, 4.69) is 74.6 Å². The molecule has 2 rings (SSSR count). The highest BCUT2D eigenvalue weighted by Crippen LogP contribution is 2.27. The number of rotatable bonds is 7. The van der Waals surface area contributed by atoms with Crippen molar-refractivity contribution in [2.45, 2.75) is 52.1 Å². The summed E-state index contributed by atoms with van der Waals surface area (Å²) in [5, 5.41) is 7.92. The first-order valence-electron chi connectivity index (χ1n) is 7.75. The molecule has 1 atom stereocenters. The molecule has 0 aliphatic carbocycles. The summed E-state index contributed by atoms with van der Waals surface area (Å²) in [6.07, 6.45) is 5.11. The Morgan fingerprint density at radius 2 is 1.95 bits per heavy atom. The summed E-state index contributed by atoms with van der Waals surface area (Å²) < 4.78 is 2.00. The maximum Gasteiger partial charge on any atom is 0.0534 e. The van der Waals surface area contributed by atoms with Crippen molar-refractivity contribution in [1.29, 1.82) is 0 Å². The van der Waals surface area contributed by atoms with Crippen LogP contribution in [-0.2, 0) is 12.0 Å². The van der Waals surface area contributed by atoms with Gasteiger partial charge in [0.05, 0.1) is 12.7 Å². The fraction of sp³-hybridized carbons (Fsp3) is 0.500. The van der Waals surface area contributed by atoms with E-state index in [0.29, 0.717) is 6.04 Å². The molecule has 1 N–H and O–H groups in total. The highest BCUT2D eigenvalue weighted by Gasteiger charge is 2.22. The van der Waals surface area contributed by atoms with E-state index in [1.807, 2.05) is 10.9 Å². The lowest BCUT2D eigenvalue weighted by Crippen LogP contribution is -2.35. The molecule has 0 amide bonds. The lowest BCUT2D eigenvalue weighted by atomic mass is 9.79. The van der Waals surface area contributed by atoms with Gasteiger partial charge in [-0.15, -0.1) is 0 Å². The summed E-state index contributed by atoms with van der Waals surface area (Å²) in [7, 11) is 0. The van der Waals surface area contributed by atoms with Gasteiger partial charge in [0, 0.05) is 18.8 Å². The van der Waals surface area contributed by atoms with Crippen LogP contribution < -0.4 is 5.32 Å². The van der Waals surface area contributed by atoms with Crippen LogP contribution in [0, 0.1) is 6.92 Å². The minimum atomic E-state index is 0.190. The van der Waals surface area contributed by atoms with Gasteiger partial charge in [0.2, 0.25) is 0 Å². The van der Waals surface area contributed by atoms with Crippen molar-refractivity contribution in [2.75, 3.05) is 6.54 Å². The number of nitrogens with zero attached hydrogens (tertiary/aromatic N) is 2. The third-order valence-corrected chi connectivity index (χ3v) is 3.97. The lowest BCUT2D eigenvalue weighted by molar-refractivity contribution is 0.381. The first-order valence-corrected chi connectivity index (χ1v) is 7.75. The monoisotopic (exact) mass is 285 g/mol. The maximum atomic E-state index is 4.31. The number of hydrogen-bond acceptors (Lipinski definition) is 2. The van der Waals surface area contributed by atoms with Gasteiger partial charge in [-0.3, -0.25) is 4.68 Å². The quantitative estimate of drug-likeness (QED) is 0.843. The molecule has 2 aromatic rings. The Kier molecular flexibility index (Phi) is 5.18. The number of aromatic nitrogens is 2. The van der Waals surface area contributed by atoms with E-state index >= 15 is 0 Å². The van der Waals surface area contributed by atoms with Crippen molar-refractivity contribution in [1.82, 2.24) is 15.1 Å². The van der Waals surface area contributed by atoms with Crippen LogP contribution in [0.5, 0.6) is 0 Å². The Bertz CT molecular complexity index is 543. The zero-order chi connectivity index (χ0) is 15.3. The average molecular weight is 285 g/mol. The molecular weight excluding hydrogens is 258 g/mol. The molecule has 0 radical (unpaired) electrons. The van der Waals surface area contributed by atoms with Gasteiger partial charge in [0.25, 0.3) is 0 Å². The Morgan fingerprint density at radius 1 is 1.24 bits per heavy atom. The fourth-order valence-corrected chi connectivity index (χ4v) is 2.86. The Morgan fingerprint density at radius 3 is 2.57 bits per heavy atom. The third kappa shape index (κ3) is 4.71. The molecule has 1 aromatic carbocycles. The van der Waals surface area contributed by atoms with Crippen molar-refractivity contribution in [3.05, 3.63) is 53.9 Å². The Balaban J connectivity index is 1.80. The van der Waals surface area contributed by atoms with E-state index in [-0.39, 0.29) is 5.41 Å². The van der Waals surface area contributed by atoms with E-state index in [4.69, 9.17) is 0 Å². The molecule has 3 nitrogen and oxygen atoms in total. The van der Waals surface area contributed by atoms with Crippen molar-refractivity contribution >= 4 is 0 Å². The molecular formula is C18H27N3. The van der Waals surface area contributed by atoms with Crippen LogP contribution in [0.3, 0.4) is 0 Å². The number of hydrogen-bond donors (Lipinski definition) is 1. The second kappa shape index (κ2) is 6.90. The van der Waals surface area contributed by atoms with E-state index in [9.17, 15) is 0 Å². The summed E-state index contributed by atoms with van der Waals surface area (Å²) >= 11 is 0. The van der Waals surface area contributed by atoms with Gasteiger partial charge >= 0.3 is 0 Å². The summed E-state index contributed by atoms with van der Waals surface area (Å²) in [5.41, 5.74) is 2.81. The molecule has 0 aliphatic heterocycles. The minimum absolute atomic E-state index is 0.190. The Hall–Kier alpha value is -1.61. The second-order valence-corrected chi connectivity index (χ2v) is 6.59. The van der Waals surface area contributed by atoms with Gasteiger partial charge in [-0.2, -0.15) is 5.10 Å². The standard InChI is InChI=1S/C18H27N3/c1-15-13-20-21(14-15)11-10-19-16(2)12-18(3,4)17-8-6-5-7-9-17/h5-9,13-14,16,19H,10-12H2,1-4H3. The molecule has 1 unspecified atom stereocenters. The largest absolute Gasteiger partial charge is 0.312 e. The number of aryl methyl sites for hydroxylation is 1. The van der Waals surface area contributed by atoms with Gasteiger partial charge < -0.3 is 5.32 Å². The summed E-state index contributed by atoms with van der Waals surface area (Å²) in [5.74, 6) is 0. The predicted octanol–water partition coefficient (Wildman–Crippen LogP) is 3.54. The van der Waals surface area contributed by atoms with Gasteiger partial charge in [-0.05, 0) is 36.8 Å². The zero-order valence-corrected chi connectivity index (χ0v) is 13.6. The van der Waals surface area contributed by atoms with Crippen LogP contribution in [0.15, 0.2) is 42.7 Å². The summed E-state index contributed by atoms with van der Waals surface area (Å²) in [4.78, 5) is 0. The van der Waals surface area contributed by atoms with Gasteiger partial charge in [0.15, 0.2) is 0 Å². The normalized spacial score (nSPS) is 13.3. The van der Waals surface area contributed by atoms with Crippen molar-refractivity contribution in [3.63, 3.8) is 0 Å². The Labute approximate surface area is 128 Å². The molecule has 0 saturated heterocycles. The molecule has 0 aliphatic rings. The van der Waals surface area contributed by atoms with Crippen LogP contribution in [0.2, 0.25) is 0 Å². The van der Waals surface area contributed by atoms with E-state index in [1.165, 1.54) is 11.1 Å². The van der Waals surface area contributed by atoms with E-state index in [0.717, 1.165) is 19.5 Å². The topological polar surface area (TPSA) is 29.9 Å². The first kappa shape index (κ1) is 15.8. The highest BCUT2D eigenvalue weighted by molar-refractivity contribution is 5.23. The van der Waals surface area contributed by atoms with E-state index in [1.54, 1.807) is 0 Å². The summed E-state index contributed by atoms with van der Waals surface area (Å²) in [6.45, 7) is 10.8. The predicted molar refractivity (Wildman–Crippen MR) is 88.5 cm³/mol. The number of nitrogens with one attached hydrogen (secondary N) is 1. The van der Waals surface area contributed by atoms with Crippen LogP contribution in [0.4, 0.5) is 0 Å². The maximum absolute atomic E-state index is 4.31. The SMILES string of the molecule is Cc1cnn(CCNC(C)CC(C)(C)c2ccccc2)c1. The smallest absolute Gasteiger partial charge is 0.0534 e. The molecule has 0 bridgehead atoms. The molecule has 1 heterocycles. The lowest BCUT2D eigenvalue weighted by Gasteiger charge is -2.29. The zero-order valence-electron chi connectivity index (χ0n) is 13.6. The van der Waals surface area contributed by atoms with E-state index < -0.39 is 0 Å². The average Bonchev–Trinajstić information content (AvgIpc) is 2.85. The van der Waals surface area contributed by atoms with Crippen molar-refractivity contribution in [2.24, 2.45) is 0 Å². The molecule has 3 heteroatoms. The fourth-order valence-electron chi connectivity index (χ4n) is 2.86. The summed E-state index contributed by atoms with van der Waals surface area (Å²) in [6, 6.07) is 11.2. The minimum Gasteiger partial charge on any atom is -0.312 e. The third-order valence-electron chi connectivity index (χ3n) is 3.97. The van der Waals surface area contributed by atoms with Gasteiger partial charge in [-0.1, -0.05) is 44.2 Å². The highest BCUT2D eigenvalue weighted by atomic mass is 15.3. The second-order valence-electron chi connectivity index (χ2n) is 6.59. The molecule has 0 spiro atoms. The molecule has 1 aromatic heterocycles. The van der Waals surface area contributed by atoms with Crippen LogP contribution in [0.1, 0.15) is 38.3 Å². The first-order chi connectivity index (χ1) is 9.97. The molecule has 114 valence electrons. The molecule has 0 saturated carbocycles. The number of benzene rings is 1.